The van der Waals surface area contributed by atoms with Gasteiger partial charge in [0, 0.05) is 13.1 Å². The molecule has 0 unspecified atom stereocenters. The molecule has 1 aromatic carbocycles. The Kier molecular flexibility index (Phi) is 3.58. The summed E-state index contributed by atoms with van der Waals surface area (Å²) in [6.45, 7) is 1.23. The molecule has 1 saturated carbocycles. The lowest BCUT2D eigenvalue weighted by Gasteiger charge is -2.36. The van der Waals surface area contributed by atoms with E-state index in [0.717, 1.165) is 31.9 Å². The van der Waals surface area contributed by atoms with Crippen LogP contribution in [-0.4, -0.2) is 29.3 Å². The lowest BCUT2D eigenvalue weighted by Crippen LogP contribution is -2.47. The number of benzene rings is 1. The summed E-state index contributed by atoms with van der Waals surface area (Å²) in [4.78, 5) is 0. The van der Waals surface area contributed by atoms with Crippen molar-refractivity contribution in [3.8, 4) is 0 Å². The van der Waals surface area contributed by atoms with Gasteiger partial charge in [-0.25, -0.2) is 5.01 Å². The normalized spacial score (nSPS) is 25.1. The van der Waals surface area contributed by atoms with Crippen LogP contribution in [0.4, 0.5) is 18.9 Å². The Balaban J connectivity index is 1.67. The first-order valence-electron chi connectivity index (χ1n) is 6.87. The molecule has 21 heavy (non-hydrogen) atoms. The van der Waals surface area contributed by atoms with Crippen molar-refractivity contribution in [2.45, 2.75) is 31.5 Å². The molecule has 0 aromatic heterocycles. The molecule has 1 spiro atoms. The molecule has 1 aromatic rings. The van der Waals surface area contributed by atoms with Gasteiger partial charge >= 0.3 is 6.18 Å². The number of anilines is 1. The number of halogens is 4. The first-order chi connectivity index (χ1) is 9.80. The number of β-amino-alcohol motifs (C(OH)–C–C–N with tert-alkyl or cyclic N) is 1. The number of alkyl halides is 3. The number of hydrogen-bond donors (Lipinski definition) is 2. The summed E-state index contributed by atoms with van der Waals surface area (Å²) >= 11 is 5.69. The summed E-state index contributed by atoms with van der Waals surface area (Å²) in [6, 6.07) is 3.58. The predicted molar refractivity (Wildman–Crippen MR) is 73.9 cm³/mol. The maximum atomic E-state index is 12.6. The van der Waals surface area contributed by atoms with Crippen molar-refractivity contribution in [3.63, 3.8) is 0 Å². The second-order valence-corrected chi connectivity index (χ2v) is 6.29. The van der Waals surface area contributed by atoms with Crippen LogP contribution >= 0.6 is 11.6 Å². The zero-order chi connectivity index (χ0) is 15.3. The predicted octanol–water partition coefficient (Wildman–Crippen LogP) is 3.53. The summed E-state index contributed by atoms with van der Waals surface area (Å²) in [5.74, 6) is 0. The van der Waals surface area contributed by atoms with Crippen molar-refractivity contribution < 1.29 is 18.3 Å². The zero-order valence-electron chi connectivity index (χ0n) is 11.3. The number of hydrazine groups is 1. The third-order valence-electron chi connectivity index (χ3n) is 4.43. The number of aliphatic hydroxyl groups is 1. The third kappa shape index (κ3) is 2.98. The van der Waals surface area contributed by atoms with Crippen LogP contribution in [0.1, 0.15) is 24.8 Å². The average molecular weight is 321 g/mol. The van der Waals surface area contributed by atoms with E-state index in [2.05, 4.69) is 5.43 Å². The van der Waals surface area contributed by atoms with Gasteiger partial charge in [0.2, 0.25) is 0 Å². The van der Waals surface area contributed by atoms with Gasteiger partial charge in [0.15, 0.2) is 0 Å². The highest BCUT2D eigenvalue weighted by Gasteiger charge is 2.51. The minimum Gasteiger partial charge on any atom is -0.391 e. The second kappa shape index (κ2) is 5.04. The minimum atomic E-state index is -4.45. The van der Waals surface area contributed by atoms with E-state index >= 15 is 0 Å². The van der Waals surface area contributed by atoms with Gasteiger partial charge in [-0.05, 0) is 42.9 Å². The molecule has 2 N–H and O–H groups in total. The van der Waals surface area contributed by atoms with Crippen LogP contribution in [0.2, 0.25) is 5.02 Å². The van der Waals surface area contributed by atoms with E-state index in [1.807, 2.05) is 5.01 Å². The van der Waals surface area contributed by atoms with Crippen molar-refractivity contribution >= 4 is 17.3 Å². The highest BCUT2D eigenvalue weighted by Crippen LogP contribution is 2.53. The molecule has 1 saturated heterocycles. The number of hydrogen-bond acceptors (Lipinski definition) is 3. The first kappa shape index (κ1) is 14.9. The Morgan fingerprint density at radius 3 is 2.52 bits per heavy atom. The molecule has 3 nitrogen and oxygen atoms in total. The Morgan fingerprint density at radius 2 is 2.00 bits per heavy atom. The Bertz CT molecular complexity index is 546. The van der Waals surface area contributed by atoms with Crippen LogP contribution < -0.4 is 5.43 Å². The average Bonchev–Trinajstić information content (AvgIpc) is 3.14. The number of rotatable bonds is 2. The lowest BCUT2D eigenvalue weighted by molar-refractivity contribution is -0.137. The van der Waals surface area contributed by atoms with Gasteiger partial charge in [0.1, 0.15) is 0 Å². The molecular formula is C14H16ClF3N2O. The summed E-state index contributed by atoms with van der Waals surface area (Å²) < 4.78 is 37.9. The van der Waals surface area contributed by atoms with Crippen LogP contribution in [0.25, 0.3) is 0 Å². The second-order valence-electron chi connectivity index (χ2n) is 5.88. The minimum absolute atomic E-state index is 0.0932. The fourth-order valence-corrected chi connectivity index (χ4v) is 3.15. The molecule has 116 valence electrons. The van der Waals surface area contributed by atoms with E-state index in [-0.39, 0.29) is 16.5 Å². The van der Waals surface area contributed by atoms with E-state index in [0.29, 0.717) is 12.2 Å². The van der Waals surface area contributed by atoms with E-state index in [1.165, 1.54) is 12.1 Å². The maximum absolute atomic E-state index is 12.6. The van der Waals surface area contributed by atoms with Crippen molar-refractivity contribution in [1.82, 2.24) is 5.01 Å². The number of nitrogens with one attached hydrogen (secondary N) is 1. The van der Waals surface area contributed by atoms with Crippen molar-refractivity contribution in [2.24, 2.45) is 5.41 Å². The van der Waals surface area contributed by atoms with Crippen LogP contribution in [0.3, 0.4) is 0 Å². The van der Waals surface area contributed by atoms with Gasteiger partial charge < -0.3 is 10.5 Å². The van der Waals surface area contributed by atoms with Gasteiger partial charge in [-0.1, -0.05) is 11.6 Å². The fraction of sp³-hybridized carbons (Fsp3) is 0.571. The summed E-state index contributed by atoms with van der Waals surface area (Å²) in [6.07, 6.45) is -1.81. The molecular weight excluding hydrogens is 305 g/mol. The molecule has 0 amide bonds. The van der Waals surface area contributed by atoms with Gasteiger partial charge in [-0.2, -0.15) is 13.2 Å². The van der Waals surface area contributed by atoms with Crippen molar-refractivity contribution in [3.05, 3.63) is 28.8 Å². The largest absolute Gasteiger partial charge is 0.417 e. The van der Waals surface area contributed by atoms with Crippen LogP contribution in [0, 0.1) is 5.41 Å². The van der Waals surface area contributed by atoms with E-state index in [9.17, 15) is 18.3 Å². The van der Waals surface area contributed by atoms with Gasteiger partial charge in [-0.3, -0.25) is 0 Å². The summed E-state index contributed by atoms with van der Waals surface area (Å²) in [5.41, 5.74) is 2.76. The van der Waals surface area contributed by atoms with Crippen LogP contribution in [0.5, 0.6) is 0 Å². The molecule has 0 bridgehead atoms. The smallest absolute Gasteiger partial charge is 0.391 e. The maximum Gasteiger partial charge on any atom is 0.417 e. The Morgan fingerprint density at radius 1 is 1.29 bits per heavy atom. The van der Waals surface area contributed by atoms with Crippen LogP contribution in [0.15, 0.2) is 18.2 Å². The van der Waals surface area contributed by atoms with Crippen LogP contribution in [-0.2, 0) is 6.18 Å². The van der Waals surface area contributed by atoms with E-state index in [4.69, 9.17) is 11.6 Å². The molecule has 2 fully saturated rings. The molecule has 3 rings (SSSR count). The van der Waals surface area contributed by atoms with Gasteiger partial charge in [-0.15, -0.1) is 0 Å². The standard InChI is InChI=1S/C14H16ClF3N2O/c15-11-7-9(1-2-10(11)14(16,17)18)19-20-6-5-13(3-4-13)12(21)8-20/h1-2,7,12,19,21H,3-6,8H2/t12-/m1/s1. The fourth-order valence-electron chi connectivity index (χ4n) is 2.86. The third-order valence-corrected chi connectivity index (χ3v) is 4.75. The first-order valence-corrected chi connectivity index (χ1v) is 7.24. The SMILES string of the molecule is O[C@@H]1CN(Nc2ccc(C(F)(F)F)c(Cl)c2)CCC12CC2. The lowest BCUT2D eigenvalue weighted by atomic mass is 9.91. The summed E-state index contributed by atoms with van der Waals surface area (Å²) in [7, 11) is 0. The number of piperidine rings is 1. The molecule has 0 radical (unpaired) electrons. The monoisotopic (exact) mass is 320 g/mol. The molecule has 1 heterocycles. The number of aliphatic hydroxyl groups excluding tert-OH is 1. The summed E-state index contributed by atoms with van der Waals surface area (Å²) in [5, 5.41) is 11.6. The topological polar surface area (TPSA) is 35.5 Å². The van der Waals surface area contributed by atoms with E-state index in [1.54, 1.807) is 0 Å². The highest BCUT2D eigenvalue weighted by molar-refractivity contribution is 6.31. The Labute approximate surface area is 125 Å². The van der Waals surface area contributed by atoms with Crippen molar-refractivity contribution in [2.75, 3.05) is 18.5 Å². The Hall–Kier alpha value is -0.980. The zero-order valence-corrected chi connectivity index (χ0v) is 12.0. The number of nitrogens with zero attached hydrogens (tertiary/aromatic N) is 1. The van der Waals surface area contributed by atoms with Gasteiger partial charge in [0.05, 0.1) is 22.4 Å². The van der Waals surface area contributed by atoms with E-state index < -0.39 is 11.7 Å². The molecule has 2 aliphatic rings. The van der Waals surface area contributed by atoms with Crippen molar-refractivity contribution in [1.29, 1.82) is 0 Å². The molecule has 1 aliphatic carbocycles. The highest BCUT2D eigenvalue weighted by atomic mass is 35.5. The van der Waals surface area contributed by atoms with Gasteiger partial charge in [0.25, 0.3) is 0 Å². The molecule has 7 heteroatoms. The quantitative estimate of drug-likeness (QED) is 0.875. The molecule has 1 aliphatic heterocycles. The molecule has 1 atom stereocenters.